The van der Waals surface area contributed by atoms with Gasteiger partial charge in [0.15, 0.2) is 0 Å². The van der Waals surface area contributed by atoms with E-state index in [0.29, 0.717) is 12.1 Å². The van der Waals surface area contributed by atoms with E-state index in [1.165, 1.54) is 17.7 Å². The molecular formula is C16H19N3OS. The molecule has 2 aromatic heterocycles. The summed E-state index contributed by atoms with van der Waals surface area (Å²) in [6.07, 6.45) is 4.19. The first-order valence-corrected chi connectivity index (χ1v) is 8.45. The van der Waals surface area contributed by atoms with Crippen molar-refractivity contribution in [1.29, 1.82) is 0 Å². The number of nitrogens with zero attached hydrogens (tertiary/aromatic N) is 2. The second-order valence-electron chi connectivity index (χ2n) is 6.12. The van der Waals surface area contributed by atoms with Crippen molar-refractivity contribution in [2.24, 2.45) is 0 Å². The van der Waals surface area contributed by atoms with Crippen LogP contribution < -0.4 is 5.56 Å². The van der Waals surface area contributed by atoms with E-state index < -0.39 is 0 Å². The molecule has 0 saturated carbocycles. The van der Waals surface area contributed by atoms with Crippen molar-refractivity contribution < 1.29 is 0 Å². The second kappa shape index (κ2) is 5.07. The molecule has 0 amide bonds. The lowest BCUT2D eigenvalue weighted by Crippen LogP contribution is -2.36. The van der Waals surface area contributed by atoms with E-state index in [1.54, 1.807) is 0 Å². The fourth-order valence-corrected chi connectivity index (χ4v) is 4.51. The molecule has 4 heterocycles. The summed E-state index contributed by atoms with van der Waals surface area (Å²) in [6, 6.07) is 5.34. The van der Waals surface area contributed by atoms with Gasteiger partial charge in [0.2, 0.25) is 0 Å². The molecular weight excluding hydrogens is 282 g/mol. The molecule has 0 aliphatic carbocycles. The Morgan fingerprint density at radius 1 is 1.38 bits per heavy atom. The number of aromatic nitrogens is 2. The van der Waals surface area contributed by atoms with Crippen molar-refractivity contribution in [1.82, 2.24) is 14.9 Å². The fraction of sp³-hybridized carbons (Fsp3) is 0.500. The number of nitrogens with one attached hydrogen (secondary N) is 1. The quantitative estimate of drug-likeness (QED) is 0.926. The molecule has 1 N–H and O–H groups in total. The van der Waals surface area contributed by atoms with Crippen LogP contribution in [-0.2, 0) is 19.4 Å². The van der Waals surface area contributed by atoms with E-state index in [4.69, 9.17) is 0 Å². The van der Waals surface area contributed by atoms with Crippen LogP contribution in [-0.4, -0.2) is 27.0 Å². The third-order valence-electron chi connectivity index (χ3n) is 4.78. The molecule has 2 atom stereocenters. The number of rotatable bonds is 2. The van der Waals surface area contributed by atoms with Gasteiger partial charge in [0.05, 0.1) is 5.69 Å². The molecule has 2 aliphatic rings. The van der Waals surface area contributed by atoms with Gasteiger partial charge in [0.25, 0.3) is 5.56 Å². The number of hydrogen-bond acceptors (Lipinski definition) is 4. The summed E-state index contributed by atoms with van der Waals surface area (Å²) in [5.74, 6) is 0.737. The Hall–Kier alpha value is -1.46. The van der Waals surface area contributed by atoms with Gasteiger partial charge in [-0.1, -0.05) is 6.07 Å². The van der Waals surface area contributed by atoms with Gasteiger partial charge in [-0.05, 0) is 37.6 Å². The molecule has 2 bridgehead atoms. The minimum absolute atomic E-state index is 0.0705. The topological polar surface area (TPSA) is 49.0 Å². The highest BCUT2D eigenvalue weighted by molar-refractivity contribution is 7.09. The Morgan fingerprint density at radius 3 is 2.95 bits per heavy atom. The number of thiophene rings is 1. The predicted molar refractivity (Wildman–Crippen MR) is 83.7 cm³/mol. The van der Waals surface area contributed by atoms with Gasteiger partial charge in [-0.25, -0.2) is 4.98 Å². The van der Waals surface area contributed by atoms with Crippen molar-refractivity contribution in [3.8, 4) is 0 Å². The highest BCUT2D eigenvalue weighted by atomic mass is 32.1. The average Bonchev–Trinajstić information content (AvgIpc) is 3.01. The summed E-state index contributed by atoms with van der Waals surface area (Å²) < 4.78 is 0. The second-order valence-corrected chi connectivity index (χ2v) is 7.15. The van der Waals surface area contributed by atoms with Gasteiger partial charge in [0.1, 0.15) is 5.82 Å². The zero-order valence-corrected chi connectivity index (χ0v) is 12.9. The Balaban J connectivity index is 1.68. The molecule has 110 valence electrons. The minimum atomic E-state index is 0.0705. The number of aryl methyl sites for hydroxylation is 1. The smallest absolute Gasteiger partial charge is 0.254 e. The van der Waals surface area contributed by atoms with Crippen LogP contribution in [0.1, 0.15) is 34.8 Å². The molecule has 0 radical (unpaired) electrons. The molecule has 2 aliphatic heterocycles. The molecule has 0 spiro atoms. The van der Waals surface area contributed by atoms with Crippen molar-refractivity contribution in [2.45, 2.75) is 51.2 Å². The van der Waals surface area contributed by atoms with Crippen LogP contribution in [0.25, 0.3) is 0 Å². The minimum Gasteiger partial charge on any atom is -0.311 e. The molecule has 2 aromatic rings. The molecule has 4 nitrogen and oxygen atoms in total. The van der Waals surface area contributed by atoms with Crippen LogP contribution in [0.15, 0.2) is 22.3 Å². The van der Waals surface area contributed by atoms with Crippen molar-refractivity contribution >= 4 is 11.3 Å². The van der Waals surface area contributed by atoms with E-state index in [9.17, 15) is 4.79 Å². The molecule has 5 heteroatoms. The lowest BCUT2D eigenvalue weighted by molar-refractivity contribution is 0.189. The Bertz CT molecular complexity index is 707. The fourth-order valence-electron chi connectivity index (χ4n) is 3.80. The number of fused-ring (bicyclic) bond motifs is 3. The average molecular weight is 301 g/mol. The van der Waals surface area contributed by atoms with E-state index in [1.807, 2.05) is 18.3 Å². The van der Waals surface area contributed by atoms with Gasteiger partial charge in [-0.15, -0.1) is 11.3 Å². The van der Waals surface area contributed by atoms with Gasteiger partial charge >= 0.3 is 0 Å². The highest BCUT2D eigenvalue weighted by Crippen LogP contribution is 2.34. The maximum atomic E-state index is 12.2. The summed E-state index contributed by atoms with van der Waals surface area (Å²) in [5.41, 5.74) is 2.02. The normalized spacial score (nSPS) is 24.8. The number of hydrogen-bond donors (Lipinski definition) is 1. The van der Waals surface area contributed by atoms with Gasteiger partial charge in [-0.2, -0.15) is 0 Å². The third kappa shape index (κ3) is 2.34. The zero-order valence-electron chi connectivity index (χ0n) is 12.1. The van der Waals surface area contributed by atoms with Gasteiger partial charge < -0.3 is 4.98 Å². The van der Waals surface area contributed by atoms with Crippen molar-refractivity contribution in [3.63, 3.8) is 0 Å². The van der Waals surface area contributed by atoms with E-state index in [2.05, 4.69) is 32.4 Å². The SMILES string of the molecule is Cc1nc2c(c(=O)[nH]1)C[C@@H]1CC[C@@H](C2)N1Cc1cccs1. The summed E-state index contributed by atoms with van der Waals surface area (Å²) in [4.78, 5) is 23.7. The number of aromatic amines is 1. The van der Waals surface area contributed by atoms with E-state index >= 15 is 0 Å². The van der Waals surface area contributed by atoms with Gasteiger partial charge in [0, 0.05) is 35.5 Å². The maximum Gasteiger partial charge on any atom is 0.254 e. The Kier molecular flexibility index (Phi) is 3.19. The van der Waals surface area contributed by atoms with E-state index in [0.717, 1.165) is 36.5 Å². The molecule has 1 fully saturated rings. The first-order valence-electron chi connectivity index (χ1n) is 7.57. The summed E-state index contributed by atoms with van der Waals surface area (Å²) in [6.45, 7) is 2.88. The monoisotopic (exact) mass is 301 g/mol. The predicted octanol–water partition coefficient (Wildman–Crippen LogP) is 2.27. The summed E-state index contributed by atoms with van der Waals surface area (Å²) in [7, 11) is 0. The molecule has 4 rings (SSSR count). The zero-order chi connectivity index (χ0) is 14.4. The largest absolute Gasteiger partial charge is 0.311 e. The highest BCUT2D eigenvalue weighted by Gasteiger charge is 2.38. The van der Waals surface area contributed by atoms with Crippen LogP contribution in [0.3, 0.4) is 0 Å². The number of H-pyrrole nitrogens is 1. The lowest BCUT2D eigenvalue weighted by atomic mass is 9.98. The van der Waals surface area contributed by atoms with Crippen LogP contribution in [0, 0.1) is 6.92 Å². The van der Waals surface area contributed by atoms with E-state index in [-0.39, 0.29) is 5.56 Å². The lowest BCUT2D eigenvalue weighted by Gasteiger charge is -2.27. The van der Waals surface area contributed by atoms with Gasteiger partial charge in [-0.3, -0.25) is 9.69 Å². The Morgan fingerprint density at radius 2 is 2.19 bits per heavy atom. The summed E-state index contributed by atoms with van der Waals surface area (Å²) >= 11 is 1.82. The first-order chi connectivity index (χ1) is 10.2. The standard InChI is InChI=1S/C16H19N3OS/c1-10-17-15-8-12-5-4-11(7-14(15)16(20)18-10)19(12)9-13-3-2-6-21-13/h2-3,6,11-12H,4-5,7-9H2,1H3,(H,17,18,20)/t11-,12-/m0/s1. The molecule has 0 aromatic carbocycles. The Labute approximate surface area is 127 Å². The maximum absolute atomic E-state index is 12.2. The van der Waals surface area contributed by atoms with Crippen LogP contribution in [0.4, 0.5) is 0 Å². The van der Waals surface area contributed by atoms with Crippen LogP contribution >= 0.6 is 11.3 Å². The van der Waals surface area contributed by atoms with Crippen molar-refractivity contribution in [3.05, 3.63) is 49.8 Å². The molecule has 1 saturated heterocycles. The molecule has 21 heavy (non-hydrogen) atoms. The van der Waals surface area contributed by atoms with Crippen LogP contribution in [0.5, 0.6) is 0 Å². The molecule has 0 unspecified atom stereocenters. The first kappa shape index (κ1) is 13.2. The summed E-state index contributed by atoms with van der Waals surface area (Å²) in [5, 5.41) is 2.14. The van der Waals surface area contributed by atoms with Crippen molar-refractivity contribution in [2.75, 3.05) is 0 Å². The third-order valence-corrected chi connectivity index (χ3v) is 5.64. The van der Waals surface area contributed by atoms with Crippen LogP contribution in [0.2, 0.25) is 0 Å².